The average molecular weight is 384 g/mol. The normalized spacial score (nSPS) is 17.6. The first-order valence-electron chi connectivity index (χ1n) is 9.57. The van der Waals surface area contributed by atoms with E-state index in [0.717, 1.165) is 35.2 Å². The third kappa shape index (κ3) is 3.92. The minimum Gasteiger partial charge on any atom is -0.492 e. The van der Waals surface area contributed by atoms with E-state index < -0.39 is 0 Å². The van der Waals surface area contributed by atoms with Crippen molar-refractivity contribution in [3.63, 3.8) is 0 Å². The molecule has 1 aliphatic carbocycles. The lowest BCUT2D eigenvalue weighted by Crippen LogP contribution is -2.27. The van der Waals surface area contributed by atoms with Crippen LogP contribution in [0, 0.1) is 5.92 Å². The molecule has 0 fully saturated rings. The van der Waals surface area contributed by atoms with Crippen molar-refractivity contribution in [2.45, 2.75) is 39.2 Å². The number of para-hydroxylation sites is 1. The van der Waals surface area contributed by atoms with E-state index in [1.54, 1.807) is 11.3 Å². The highest BCUT2D eigenvalue weighted by Crippen LogP contribution is 2.35. The summed E-state index contributed by atoms with van der Waals surface area (Å²) in [4.78, 5) is 22.7. The molecule has 5 nitrogen and oxygen atoms in total. The second kappa shape index (κ2) is 7.82. The van der Waals surface area contributed by atoms with Gasteiger partial charge in [0.05, 0.1) is 11.4 Å². The molecular formula is C21H25N3O2S. The number of nitrogens with one attached hydrogen (secondary N) is 2. The molecule has 27 heavy (non-hydrogen) atoms. The van der Waals surface area contributed by atoms with Crippen LogP contribution in [0.1, 0.15) is 42.6 Å². The van der Waals surface area contributed by atoms with Crippen molar-refractivity contribution in [1.29, 1.82) is 0 Å². The number of aromatic amines is 1. The first kappa shape index (κ1) is 18.2. The van der Waals surface area contributed by atoms with E-state index in [9.17, 15) is 4.79 Å². The number of benzene rings is 1. The topological polar surface area (TPSA) is 67.0 Å². The minimum atomic E-state index is -0.0421. The molecule has 2 N–H and O–H groups in total. The molecule has 4 rings (SSSR count). The summed E-state index contributed by atoms with van der Waals surface area (Å²) in [6.07, 6.45) is 3.21. The fourth-order valence-corrected chi connectivity index (χ4v) is 5.02. The van der Waals surface area contributed by atoms with Gasteiger partial charge in [0, 0.05) is 11.4 Å². The van der Waals surface area contributed by atoms with Gasteiger partial charge in [0.15, 0.2) is 0 Å². The molecule has 0 aliphatic heterocycles. The van der Waals surface area contributed by atoms with E-state index >= 15 is 0 Å². The standard InChI is InChI=1S/C21H25N3O2S/c1-13-8-9-16-17(12-13)27-21-18(16)20(25)23-19(24-21)14(2)22-10-11-26-15-6-4-3-5-7-15/h3-7,13-14,22H,8-12H2,1-2H3,(H,23,24,25)/t13-,14-/m1/s1. The first-order chi connectivity index (χ1) is 13.1. The van der Waals surface area contributed by atoms with Gasteiger partial charge in [-0.2, -0.15) is 0 Å². The molecule has 2 aromatic heterocycles. The molecule has 3 aromatic rings. The Balaban J connectivity index is 1.44. The van der Waals surface area contributed by atoms with Crippen LogP contribution < -0.4 is 15.6 Å². The average Bonchev–Trinajstić information content (AvgIpc) is 3.03. The maximum atomic E-state index is 12.7. The van der Waals surface area contributed by atoms with E-state index in [4.69, 9.17) is 9.72 Å². The van der Waals surface area contributed by atoms with Crippen LogP contribution in [0.4, 0.5) is 0 Å². The van der Waals surface area contributed by atoms with E-state index in [0.29, 0.717) is 24.9 Å². The predicted molar refractivity (Wildman–Crippen MR) is 110 cm³/mol. The summed E-state index contributed by atoms with van der Waals surface area (Å²) in [7, 11) is 0. The summed E-state index contributed by atoms with van der Waals surface area (Å²) in [6.45, 7) is 5.53. The van der Waals surface area contributed by atoms with Crippen molar-refractivity contribution < 1.29 is 4.74 Å². The number of fused-ring (bicyclic) bond motifs is 3. The van der Waals surface area contributed by atoms with Crippen molar-refractivity contribution in [3.05, 3.63) is 57.0 Å². The Morgan fingerprint density at radius 2 is 2.19 bits per heavy atom. The summed E-state index contributed by atoms with van der Waals surface area (Å²) >= 11 is 1.69. The van der Waals surface area contributed by atoms with Gasteiger partial charge >= 0.3 is 0 Å². The van der Waals surface area contributed by atoms with Crippen LogP contribution in [-0.4, -0.2) is 23.1 Å². The zero-order valence-electron chi connectivity index (χ0n) is 15.7. The molecule has 0 radical (unpaired) electrons. The zero-order valence-corrected chi connectivity index (χ0v) is 16.6. The van der Waals surface area contributed by atoms with Crippen molar-refractivity contribution in [2.75, 3.05) is 13.2 Å². The number of hydrogen-bond acceptors (Lipinski definition) is 5. The lowest BCUT2D eigenvalue weighted by molar-refractivity contribution is 0.306. The fourth-order valence-electron chi connectivity index (χ4n) is 3.63. The van der Waals surface area contributed by atoms with Crippen LogP contribution in [0.25, 0.3) is 10.2 Å². The van der Waals surface area contributed by atoms with Crippen LogP contribution in [0.15, 0.2) is 35.1 Å². The molecule has 0 saturated heterocycles. The summed E-state index contributed by atoms with van der Waals surface area (Å²) in [5.74, 6) is 2.24. The number of nitrogens with zero attached hydrogens (tertiary/aromatic N) is 1. The Labute approximate surface area is 162 Å². The molecule has 0 saturated carbocycles. The molecule has 0 bridgehead atoms. The Morgan fingerprint density at radius 3 is 3.00 bits per heavy atom. The van der Waals surface area contributed by atoms with Crippen LogP contribution >= 0.6 is 11.3 Å². The SMILES string of the molecule is C[C@@H]1CCc2c(sc3nc([C@@H](C)NCCOc4ccccc4)[nH]c(=O)c23)C1. The molecular weight excluding hydrogens is 358 g/mol. The van der Waals surface area contributed by atoms with Gasteiger partial charge in [0.2, 0.25) is 0 Å². The Morgan fingerprint density at radius 1 is 1.37 bits per heavy atom. The van der Waals surface area contributed by atoms with Crippen LogP contribution in [0.3, 0.4) is 0 Å². The maximum Gasteiger partial charge on any atom is 0.259 e. The van der Waals surface area contributed by atoms with Gasteiger partial charge in [-0.1, -0.05) is 25.1 Å². The zero-order chi connectivity index (χ0) is 18.8. The predicted octanol–water partition coefficient (Wildman–Crippen LogP) is 3.84. The van der Waals surface area contributed by atoms with Gasteiger partial charge < -0.3 is 15.0 Å². The van der Waals surface area contributed by atoms with E-state index in [-0.39, 0.29) is 11.6 Å². The van der Waals surface area contributed by atoms with Gasteiger partial charge in [-0.15, -0.1) is 11.3 Å². The minimum absolute atomic E-state index is 0.00348. The van der Waals surface area contributed by atoms with Crippen LogP contribution in [-0.2, 0) is 12.8 Å². The van der Waals surface area contributed by atoms with E-state index in [1.807, 2.05) is 37.3 Å². The molecule has 0 amide bonds. The van der Waals surface area contributed by atoms with E-state index in [2.05, 4.69) is 17.2 Å². The van der Waals surface area contributed by atoms with Gasteiger partial charge in [0.1, 0.15) is 23.0 Å². The number of rotatable bonds is 6. The molecule has 0 unspecified atom stereocenters. The number of H-pyrrole nitrogens is 1. The fraction of sp³-hybridized carbons (Fsp3) is 0.429. The van der Waals surface area contributed by atoms with Gasteiger partial charge in [-0.3, -0.25) is 4.79 Å². The number of hydrogen-bond donors (Lipinski definition) is 2. The summed E-state index contributed by atoms with van der Waals surface area (Å²) in [5.41, 5.74) is 1.22. The second-order valence-electron chi connectivity index (χ2n) is 7.32. The van der Waals surface area contributed by atoms with Crippen LogP contribution in [0.2, 0.25) is 0 Å². The van der Waals surface area contributed by atoms with Crippen LogP contribution in [0.5, 0.6) is 5.75 Å². The highest BCUT2D eigenvalue weighted by atomic mass is 32.1. The van der Waals surface area contributed by atoms with Crippen molar-refractivity contribution in [1.82, 2.24) is 15.3 Å². The summed E-state index contributed by atoms with van der Waals surface area (Å²) < 4.78 is 5.70. The molecule has 1 aromatic carbocycles. The summed E-state index contributed by atoms with van der Waals surface area (Å²) in [5, 5.41) is 4.19. The highest BCUT2D eigenvalue weighted by molar-refractivity contribution is 7.18. The Bertz CT molecular complexity index is 980. The van der Waals surface area contributed by atoms with Crippen molar-refractivity contribution in [3.8, 4) is 5.75 Å². The second-order valence-corrected chi connectivity index (χ2v) is 8.40. The molecule has 1 aliphatic rings. The number of aromatic nitrogens is 2. The van der Waals surface area contributed by atoms with Gasteiger partial charge in [-0.25, -0.2) is 4.98 Å². The van der Waals surface area contributed by atoms with Crippen molar-refractivity contribution >= 4 is 21.6 Å². The highest BCUT2D eigenvalue weighted by Gasteiger charge is 2.23. The lowest BCUT2D eigenvalue weighted by atomic mass is 9.89. The Kier molecular flexibility index (Phi) is 5.27. The number of thiophene rings is 1. The Hall–Kier alpha value is -2.18. The first-order valence-corrected chi connectivity index (χ1v) is 10.4. The number of ether oxygens (including phenoxy) is 1. The third-order valence-corrected chi connectivity index (χ3v) is 6.31. The van der Waals surface area contributed by atoms with E-state index in [1.165, 1.54) is 10.4 Å². The molecule has 6 heteroatoms. The lowest BCUT2D eigenvalue weighted by Gasteiger charge is -2.17. The van der Waals surface area contributed by atoms with Gasteiger partial charge in [-0.05, 0) is 49.8 Å². The summed E-state index contributed by atoms with van der Waals surface area (Å²) in [6, 6.07) is 9.72. The molecule has 2 atom stereocenters. The van der Waals surface area contributed by atoms with Gasteiger partial charge in [0.25, 0.3) is 5.56 Å². The van der Waals surface area contributed by atoms with Crippen molar-refractivity contribution in [2.24, 2.45) is 5.92 Å². The monoisotopic (exact) mass is 383 g/mol. The maximum absolute atomic E-state index is 12.7. The molecule has 2 heterocycles. The molecule has 0 spiro atoms. The largest absolute Gasteiger partial charge is 0.492 e. The quantitative estimate of drug-likeness (QED) is 0.635. The number of aryl methyl sites for hydroxylation is 1. The third-order valence-electron chi connectivity index (χ3n) is 5.16. The molecule has 142 valence electrons. The smallest absolute Gasteiger partial charge is 0.259 e.